The molecule has 0 aliphatic heterocycles. The molecule has 0 fully saturated rings. The minimum Gasteiger partial charge on any atom is -0.748 e. The van der Waals surface area contributed by atoms with Crippen LogP contribution < -0.4 is 15.1 Å². The molecule has 2 aromatic rings. The Balaban J connectivity index is 0.000000578. The Morgan fingerprint density at radius 1 is 0.684 bits per heavy atom. The first-order valence-electron chi connectivity index (χ1n) is 11.5. The van der Waals surface area contributed by atoms with Gasteiger partial charge in [0.2, 0.25) is 10.0 Å². The quantitative estimate of drug-likeness (QED) is 0.528. The predicted octanol–water partition coefficient (Wildman–Crippen LogP) is 2.67. The Kier molecular flexibility index (Phi) is 12.3. The molecule has 0 atom stereocenters. The summed E-state index contributed by atoms with van der Waals surface area (Å²) in [5.41, 5.74) is -0.115. The zero-order valence-electron chi connectivity index (χ0n) is 23.3. The number of carboxylic acid groups (broad SMARTS) is 1. The molecule has 2 aromatic carbocycles. The molecule has 0 heterocycles. The maximum atomic E-state index is 11.9. The third kappa shape index (κ3) is 14.2. The van der Waals surface area contributed by atoms with Crippen LogP contribution in [0.3, 0.4) is 0 Å². The van der Waals surface area contributed by atoms with Crippen molar-refractivity contribution in [1.29, 1.82) is 0 Å². The van der Waals surface area contributed by atoms with Crippen molar-refractivity contribution >= 4 is 32.0 Å². The van der Waals surface area contributed by atoms with Crippen LogP contribution in [0, 0.1) is 0 Å². The fraction of sp³-hybridized carbons (Fsp3) is 0.462. The van der Waals surface area contributed by atoms with E-state index in [1.165, 1.54) is 45.0 Å². The molecule has 0 radical (unpaired) electrons. The number of sulfonamides is 1. The second-order valence-corrected chi connectivity index (χ2v) is 15.1. The second kappa shape index (κ2) is 13.3. The third-order valence-electron chi connectivity index (χ3n) is 4.12. The van der Waals surface area contributed by atoms with Crippen molar-refractivity contribution in [1.82, 2.24) is 10.0 Å². The van der Waals surface area contributed by atoms with Gasteiger partial charge in [0.25, 0.3) is 5.91 Å². The van der Waals surface area contributed by atoms with Crippen molar-refractivity contribution in [2.75, 3.05) is 0 Å². The fourth-order valence-corrected chi connectivity index (χ4v) is 3.65. The second-order valence-electron chi connectivity index (χ2n) is 11.3. The highest BCUT2D eigenvalue weighted by molar-refractivity contribution is 7.89. The molecule has 0 spiro atoms. The van der Waals surface area contributed by atoms with Gasteiger partial charge in [-0.2, -0.15) is 0 Å². The van der Waals surface area contributed by atoms with E-state index in [4.69, 9.17) is 0 Å². The van der Waals surface area contributed by atoms with E-state index in [1.54, 1.807) is 32.9 Å². The predicted molar refractivity (Wildman–Crippen MR) is 144 cm³/mol. The van der Waals surface area contributed by atoms with Crippen LogP contribution in [0.5, 0.6) is 0 Å². The van der Waals surface area contributed by atoms with E-state index in [0.29, 0.717) is 5.56 Å². The fourth-order valence-electron chi connectivity index (χ4n) is 2.23. The summed E-state index contributed by atoms with van der Waals surface area (Å²) in [5.74, 6) is -1.36. The molecule has 0 unspecified atom stereocenters. The molecule has 2 N–H and O–H groups in total. The van der Waals surface area contributed by atoms with Gasteiger partial charge in [0.15, 0.2) is 0 Å². The number of rotatable bonds is 4. The summed E-state index contributed by atoms with van der Waals surface area (Å²) < 4.78 is 55.3. The summed E-state index contributed by atoms with van der Waals surface area (Å²) in [6, 6.07) is 14.1. The summed E-state index contributed by atoms with van der Waals surface area (Å²) in [6.45, 7) is 15.2. The largest absolute Gasteiger partial charge is 0.748 e. The van der Waals surface area contributed by atoms with E-state index in [1.807, 2.05) is 39.0 Å². The molecule has 10 nitrogen and oxygen atoms in total. The number of hydrogen-bond donors (Lipinski definition) is 2. The number of carbonyl (C=O) groups is 2. The molecule has 2 rings (SSSR count). The zero-order chi connectivity index (χ0) is 30.2. The van der Waals surface area contributed by atoms with Gasteiger partial charge < -0.3 is 19.8 Å². The number of aromatic carboxylic acids is 1. The maximum Gasteiger partial charge on any atom is 0.251 e. The summed E-state index contributed by atoms with van der Waals surface area (Å²) in [4.78, 5) is 22.1. The highest BCUT2D eigenvalue weighted by Crippen LogP contribution is 2.14. The van der Waals surface area contributed by atoms with E-state index >= 15 is 0 Å². The van der Waals surface area contributed by atoms with Gasteiger partial charge in [-0.3, -0.25) is 4.79 Å². The van der Waals surface area contributed by atoms with Crippen molar-refractivity contribution in [2.24, 2.45) is 0 Å². The van der Waals surface area contributed by atoms with Crippen LogP contribution in [0.2, 0.25) is 0 Å². The molecule has 0 aliphatic carbocycles. The topological polar surface area (TPSA) is 173 Å². The molecule has 0 aromatic heterocycles. The molecule has 12 heteroatoms. The van der Waals surface area contributed by atoms with Gasteiger partial charge in [-0.05, 0) is 92.1 Å². The SMILES string of the molecule is CC(C)(C)NC(=O)c1ccccc1.CC(C)(C)NS(=O)(=O)c1ccc(C(=O)[O-])cc1.CC(C)(C)S(=O)(=O)[O-]. The summed E-state index contributed by atoms with van der Waals surface area (Å²) in [5, 5.41) is 13.4. The minimum absolute atomic E-state index is 0.0203. The van der Waals surface area contributed by atoms with Crippen molar-refractivity contribution < 1.29 is 36.1 Å². The lowest BCUT2D eigenvalue weighted by molar-refractivity contribution is -0.255. The standard InChI is InChI=1S/C11H15NO4S.C11H15NO.C4H10O3S/c1-11(2,3)12-17(15,16)9-6-4-8(5-7-9)10(13)14;1-11(2,3)12-10(13)9-7-5-4-6-8-9;1-4(2,3)8(5,6)7/h4-7,12H,1-3H3,(H,13,14);4-8H,1-3H3,(H,12,13);1-3H3,(H,5,6,7)/p-2. The lowest BCUT2D eigenvalue weighted by Crippen LogP contribution is -2.40. The highest BCUT2D eigenvalue weighted by atomic mass is 32.2. The van der Waals surface area contributed by atoms with Gasteiger partial charge in [-0.1, -0.05) is 30.3 Å². The Hall–Kier alpha value is -2.80. The Bertz CT molecular complexity index is 1270. The van der Waals surface area contributed by atoms with Crippen LogP contribution in [0.4, 0.5) is 0 Å². The highest BCUT2D eigenvalue weighted by Gasteiger charge is 2.21. The van der Waals surface area contributed by atoms with E-state index in [0.717, 1.165) is 0 Å². The first-order chi connectivity index (χ1) is 16.9. The number of amides is 1. The lowest BCUT2D eigenvalue weighted by atomic mass is 10.1. The molecule has 0 saturated heterocycles. The smallest absolute Gasteiger partial charge is 0.251 e. The van der Waals surface area contributed by atoms with Crippen LogP contribution >= 0.6 is 0 Å². The first kappa shape index (κ1) is 35.2. The summed E-state index contributed by atoms with van der Waals surface area (Å²) in [6.07, 6.45) is 0. The summed E-state index contributed by atoms with van der Waals surface area (Å²) in [7, 11) is -7.71. The number of benzene rings is 2. The van der Waals surface area contributed by atoms with E-state index in [-0.39, 0.29) is 21.9 Å². The van der Waals surface area contributed by atoms with Gasteiger partial charge >= 0.3 is 0 Å². The van der Waals surface area contributed by atoms with Crippen molar-refractivity contribution in [3.05, 3.63) is 65.7 Å². The minimum atomic E-state index is -4.09. The third-order valence-corrected chi connectivity index (χ3v) is 7.39. The normalized spacial score (nSPS) is 12.3. The number of carboxylic acids is 1. The molecular formula is C26H38N2O8S2-2. The van der Waals surface area contributed by atoms with Crippen LogP contribution in [-0.2, 0) is 20.1 Å². The van der Waals surface area contributed by atoms with Crippen molar-refractivity contribution in [3.63, 3.8) is 0 Å². The molecule has 0 bridgehead atoms. The van der Waals surface area contributed by atoms with Crippen LogP contribution in [0.25, 0.3) is 0 Å². The van der Waals surface area contributed by atoms with Gasteiger partial charge in [-0.15, -0.1) is 0 Å². The van der Waals surface area contributed by atoms with Crippen molar-refractivity contribution in [2.45, 2.75) is 83.0 Å². The van der Waals surface area contributed by atoms with Crippen LogP contribution in [-0.4, -0.2) is 49.1 Å². The van der Waals surface area contributed by atoms with Crippen LogP contribution in [0.1, 0.15) is 83.0 Å². The summed E-state index contributed by atoms with van der Waals surface area (Å²) >= 11 is 0. The molecular weight excluding hydrogens is 532 g/mol. The maximum absolute atomic E-state index is 11.9. The Labute approximate surface area is 226 Å². The Morgan fingerprint density at radius 3 is 1.42 bits per heavy atom. The van der Waals surface area contributed by atoms with Crippen molar-refractivity contribution in [3.8, 4) is 0 Å². The average molecular weight is 571 g/mol. The molecule has 214 valence electrons. The van der Waals surface area contributed by atoms with E-state index in [9.17, 15) is 36.1 Å². The van der Waals surface area contributed by atoms with E-state index < -0.39 is 36.4 Å². The van der Waals surface area contributed by atoms with Crippen LogP contribution in [0.15, 0.2) is 59.5 Å². The van der Waals surface area contributed by atoms with E-state index in [2.05, 4.69) is 10.0 Å². The number of carbonyl (C=O) groups excluding carboxylic acids is 2. The number of nitrogens with one attached hydrogen (secondary N) is 2. The molecule has 0 saturated carbocycles. The van der Waals surface area contributed by atoms with Gasteiger partial charge in [-0.25, -0.2) is 21.6 Å². The number of hydrogen-bond acceptors (Lipinski definition) is 8. The molecule has 0 aliphatic rings. The van der Waals surface area contributed by atoms with Gasteiger partial charge in [0.1, 0.15) is 0 Å². The lowest BCUT2D eigenvalue weighted by Gasteiger charge is -2.22. The zero-order valence-corrected chi connectivity index (χ0v) is 24.9. The molecule has 38 heavy (non-hydrogen) atoms. The first-order valence-corrected chi connectivity index (χ1v) is 14.4. The average Bonchev–Trinajstić information content (AvgIpc) is 2.71. The van der Waals surface area contributed by atoms with Gasteiger partial charge in [0.05, 0.1) is 25.7 Å². The molecule has 1 amide bonds. The Morgan fingerprint density at radius 2 is 1.11 bits per heavy atom. The monoisotopic (exact) mass is 570 g/mol. The van der Waals surface area contributed by atoms with Gasteiger partial charge in [0, 0.05) is 16.6 Å².